The number of hydrogen-bond acceptors (Lipinski definition) is 8. The first kappa shape index (κ1) is 29.9. The summed E-state index contributed by atoms with van der Waals surface area (Å²) in [5, 5.41) is 9.92. The third-order valence-electron chi connectivity index (χ3n) is 9.13. The van der Waals surface area contributed by atoms with E-state index in [-0.39, 0.29) is 39.3 Å². The number of halogens is 3. The predicted molar refractivity (Wildman–Crippen MR) is 169 cm³/mol. The molecule has 2 N–H and O–H groups in total. The Morgan fingerprint density at radius 1 is 1.17 bits per heavy atom. The lowest BCUT2D eigenvalue weighted by Crippen LogP contribution is -2.35. The van der Waals surface area contributed by atoms with Gasteiger partial charge in [0.1, 0.15) is 16.9 Å². The van der Waals surface area contributed by atoms with Crippen LogP contribution in [0.25, 0.3) is 44.1 Å². The van der Waals surface area contributed by atoms with E-state index in [2.05, 4.69) is 24.8 Å². The van der Waals surface area contributed by atoms with E-state index in [9.17, 15) is 19.5 Å². The molecule has 2 fully saturated rings. The standard InChI is InChI=1S/C31H28ClF2N7O5/c1-38-10-14-4-5-41(21(14)12-38)26-17(15-6-16-27(42)18(30(43)44)11-39(2)29(16)36-8-15)9-35-28-23(26)22-24(34)19(33)7-20(25(22)37-28)40(3)31(45)46-13-32/h6-9,11,14,21H,4-5,10,12-13H2,1-3H3,(H,35,37)(H,43,44)/t14-,21+/m0/s1. The Bertz CT molecular complexity index is 2170. The van der Waals surface area contributed by atoms with Crippen molar-refractivity contribution in [3.8, 4) is 11.1 Å². The molecule has 2 aliphatic rings. The largest absolute Gasteiger partial charge is 0.477 e. The summed E-state index contributed by atoms with van der Waals surface area (Å²) in [6.45, 7) is 2.24. The molecule has 6 heterocycles. The lowest BCUT2D eigenvalue weighted by molar-refractivity contribution is 0.0694. The number of aromatic carboxylic acids is 1. The van der Waals surface area contributed by atoms with Crippen molar-refractivity contribution in [1.29, 1.82) is 0 Å². The number of aryl methyl sites for hydroxylation is 1. The zero-order chi connectivity index (χ0) is 32.6. The van der Waals surface area contributed by atoms with Crippen LogP contribution in [0.2, 0.25) is 0 Å². The first-order valence-corrected chi connectivity index (χ1v) is 15.0. The molecule has 0 aliphatic carbocycles. The molecule has 2 atom stereocenters. The number of ether oxygens (including phenoxy) is 1. The Morgan fingerprint density at radius 3 is 2.70 bits per heavy atom. The number of rotatable bonds is 5. The number of anilines is 2. The highest BCUT2D eigenvalue weighted by atomic mass is 35.5. The molecule has 1 aromatic carbocycles. The van der Waals surface area contributed by atoms with Crippen LogP contribution in [0.3, 0.4) is 0 Å². The molecule has 15 heteroatoms. The average molecular weight is 652 g/mol. The maximum Gasteiger partial charge on any atom is 0.415 e. The maximum absolute atomic E-state index is 16.0. The first-order valence-electron chi connectivity index (χ1n) is 14.5. The zero-order valence-electron chi connectivity index (χ0n) is 25.0. The van der Waals surface area contributed by atoms with Gasteiger partial charge in [0, 0.05) is 75.6 Å². The van der Waals surface area contributed by atoms with Crippen molar-refractivity contribution in [2.45, 2.75) is 12.5 Å². The van der Waals surface area contributed by atoms with Crippen molar-refractivity contribution in [1.82, 2.24) is 24.4 Å². The minimum absolute atomic E-state index is 0.0199. The van der Waals surface area contributed by atoms with E-state index >= 15 is 8.78 Å². The van der Waals surface area contributed by atoms with E-state index in [0.29, 0.717) is 34.7 Å². The van der Waals surface area contributed by atoms with Crippen molar-refractivity contribution in [3.05, 3.63) is 58.1 Å². The number of pyridine rings is 3. The number of nitrogens with zero attached hydrogens (tertiary/aromatic N) is 6. The van der Waals surface area contributed by atoms with E-state index in [1.54, 1.807) is 25.5 Å². The number of H-pyrrole nitrogens is 1. The molecule has 5 aromatic rings. The molecule has 2 aliphatic heterocycles. The number of carbonyl (C=O) groups is 2. The molecular weight excluding hydrogens is 624 g/mol. The van der Waals surface area contributed by atoms with Gasteiger partial charge in [-0.2, -0.15) is 0 Å². The second-order valence-electron chi connectivity index (χ2n) is 11.8. The van der Waals surface area contributed by atoms with Gasteiger partial charge in [-0.25, -0.2) is 28.3 Å². The van der Waals surface area contributed by atoms with Crippen LogP contribution < -0.4 is 15.2 Å². The number of carbonyl (C=O) groups excluding carboxylic acids is 1. The van der Waals surface area contributed by atoms with Gasteiger partial charge in [0.05, 0.1) is 33.1 Å². The third kappa shape index (κ3) is 4.46. The number of benzene rings is 1. The van der Waals surface area contributed by atoms with E-state index in [1.807, 2.05) is 7.05 Å². The molecule has 1 amide bonds. The van der Waals surface area contributed by atoms with E-state index in [0.717, 1.165) is 30.5 Å². The number of likely N-dealkylation sites (N-methyl/N-ethyl adjacent to an activating group) is 1. The summed E-state index contributed by atoms with van der Waals surface area (Å²) in [5.74, 6) is -3.33. The Labute approximate surface area is 264 Å². The highest BCUT2D eigenvalue weighted by molar-refractivity contribution is 6.20. The Kier molecular flexibility index (Phi) is 7.09. The first-order chi connectivity index (χ1) is 22.0. The fraction of sp³-hybridized carbons (Fsp3) is 0.323. The van der Waals surface area contributed by atoms with Crippen molar-refractivity contribution < 1.29 is 28.2 Å². The number of aromatic amines is 1. The molecule has 0 bridgehead atoms. The molecule has 7 rings (SSSR count). The van der Waals surface area contributed by atoms with Crippen LogP contribution in [0.4, 0.5) is 25.0 Å². The van der Waals surface area contributed by atoms with Crippen LogP contribution in [0, 0.1) is 17.6 Å². The molecule has 0 saturated carbocycles. The number of carboxylic acids is 1. The summed E-state index contributed by atoms with van der Waals surface area (Å²) in [4.78, 5) is 55.3. The molecule has 0 radical (unpaired) electrons. The molecule has 4 aromatic heterocycles. The van der Waals surface area contributed by atoms with Gasteiger partial charge in [-0.1, -0.05) is 11.6 Å². The SMILES string of the molecule is CN1C[C@@H]2CCN(c3c(-c4cnc5c(c4)c(=O)c(C(=O)O)cn5C)cnc4[nH]c5c(N(C)C(=O)OCCl)cc(F)c(F)c5c34)[C@@H]2C1. The lowest BCUT2D eigenvalue weighted by Gasteiger charge is -2.29. The van der Waals surface area contributed by atoms with Crippen LogP contribution in [0.1, 0.15) is 16.8 Å². The average Bonchev–Trinajstić information content (AvgIpc) is 3.72. The molecule has 46 heavy (non-hydrogen) atoms. The third-order valence-corrected chi connectivity index (χ3v) is 9.24. The highest BCUT2D eigenvalue weighted by Crippen LogP contribution is 2.47. The smallest absolute Gasteiger partial charge is 0.415 e. The summed E-state index contributed by atoms with van der Waals surface area (Å²) in [6, 6.07) is 2.09. The second-order valence-corrected chi connectivity index (χ2v) is 12.0. The Balaban J connectivity index is 1.55. The van der Waals surface area contributed by atoms with Crippen LogP contribution in [0.5, 0.6) is 0 Å². The molecule has 2 saturated heterocycles. The van der Waals surface area contributed by atoms with Crippen molar-refractivity contribution >= 4 is 68.0 Å². The van der Waals surface area contributed by atoms with Gasteiger partial charge >= 0.3 is 12.1 Å². The number of nitrogens with one attached hydrogen (secondary N) is 1. The van der Waals surface area contributed by atoms with Gasteiger partial charge in [0.25, 0.3) is 0 Å². The molecule has 0 unspecified atom stereocenters. The monoisotopic (exact) mass is 651 g/mol. The number of hydrogen-bond donors (Lipinski definition) is 2. The number of alkyl halides is 1. The predicted octanol–water partition coefficient (Wildman–Crippen LogP) is 4.52. The lowest BCUT2D eigenvalue weighted by atomic mass is 9.99. The van der Waals surface area contributed by atoms with Gasteiger partial charge in [0.15, 0.2) is 17.7 Å². The van der Waals surface area contributed by atoms with Crippen LogP contribution >= 0.6 is 11.6 Å². The molecule has 0 spiro atoms. The highest BCUT2D eigenvalue weighted by Gasteiger charge is 2.42. The van der Waals surface area contributed by atoms with Crippen molar-refractivity contribution in [2.75, 3.05) is 49.6 Å². The summed E-state index contributed by atoms with van der Waals surface area (Å²) in [6.07, 6.45) is 4.35. The van der Waals surface area contributed by atoms with E-state index in [1.165, 1.54) is 17.8 Å². The number of likely N-dealkylation sites (tertiary alicyclic amines) is 1. The fourth-order valence-electron chi connectivity index (χ4n) is 7.06. The maximum atomic E-state index is 16.0. The normalized spacial score (nSPS) is 18.2. The topological polar surface area (TPSA) is 137 Å². The van der Waals surface area contributed by atoms with Gasteiger partial charge in [0.2, 0.25) is 5.43 Å². The Morgan fingerprint density at radius 2 is 1.96 bits per heavy atom. The van der Waals surface area contributed by atoms with Gasteiger partial charge < -0.3 is 29.2 Å². The second kappa shape index (κ2) is 10.9. The summed E-state index contributed by atoms with van der Waals surface area (Å²) in [5.41, 5.74) is 1.10. The number of fused-ring (bicyclic) bond motifs is 5. The Hall–Kier alpha value is -4.82. The fourth-order valence-corrected chi connectivity index (χ4v) is 7.15. The van der Waals surface area contributed by atoms with Crippen LogP contribution in [0.15, 0.2) is 35.5 Å². The van der Waals surface area contributed by atoms with Crippen molar-refractivity contribution in [3.63, 3.8) is 0 Å². The summed E-state index contributed by atoms with van der Waals surface area (Å²) in [7, 11) is 4.99. The minimum Gasteiger partial charge on any atom is -0.477 e. The molecule has 12 nitrogen and oxygen atoms in total. The van der Waals surface area contributed by atoms with Crippen LogP contribution in [-0.2, 0) is 11.8 Å². The quantitative estimate of drug-likeness (QED) is 0.263. The van der Waals surface area contributed by atoms with E-state index < -0.39 is 40.8 Å². The van der Waals surface area contributed by atoms with E-state index in [4.69, 9.17) is 16.3 Å². The molecule has 238 valence electrons. The minimum atomic E-state index is -1.36. The van der Waals surface area contributed by atoms with Gasteiger partial charge in [-0.05, 0) is 25.5 Å². The summed E-state index contributed by atoms with van der Waals surface area (Å²) >= 11 is 5.58. The molecular formula is C31H28ClF2N7O5. The van der Waals surface area contributed by atoms with Gasteiger partial charge in [-0.15, -0.1) is 0 Å². The number of carboxylic acid groups (broad SMARTS) is 1. The number of amides is 1. The van der Waals surface area contributed by atoms with Crippen molar-refractivity contribution in [2.24, 2.45) is 13.0 Å². The van der Waals surface area contributed by atoms with Gasteiger partial charge in [-0.3, -0.25) is 9.69 Å². The number of aromatic nitrogens is 4. The summed E-state index contributed by atoms with van der Waals surface area (Å²) < 4.78 is 37.7. The van der Waals surface area contributed by atoms with Crippen LogP contribution in [-0.4, -0.2) is 87.4 Å². The zero-order valence-corrected chi connectivity index (χ0v) is 25.7.